The summed E-state index contributed by atoms with van der Waals surface area (Å²) < 4.78 is 6.50. The molecule has 2 heteroatoms. The average Bonchev–Trinajstić information content (AvgIpc) is 2.62. The fraction of sp³-hybridized carbons (Fsp3) is 0.100. The van der Waals surface area contributed by atoms with Crippen LogP contribution in [-0.2, 0) is 4.52 Å². The Morgan fingerprint density at radius 2 is 0.909 bits per heavy atom. The highest BCUT2D eigenvalue weighted by Crippen LogP contribution is 2.56. The number of hydrogen-bond donors (Lipinski definition) is 0. The van der Waals surface area contributed by atoms with E-state index in [-0.39, 0.29) is 0 Å². The first-order valence-electron chi connectivity index (χ1n) is 7.58. The van der Waals surface area contributed by atoms with Gasteiger partial charge in [-0.1, -0.05) is 91.0 Å². The van der Waals surface area contributed by atoms with E-state index in [0.717, 1.165) is 0 Å². The summed E-state index contributed by atoms with van der Waals surface area (Å²) in [5.74, 6) is 0. The molecule has 0 N–H and O–H groups in total. The molecule has 0 aromatic heterocycles. The predicted molar refractivity (Wildman–Crippen MR) is 96.8 cm³/mol. The number of benzene rings is 3. The molecule has 0 saturated heterocycles. The Kier molecular flexibility index (Phi) is 4.68. The van der Waals surface area contributed by atoms with Gasteiger partial charge in [-0.05, 0) is 6.92 Å². The molecule has 0 heterocycles. The molecule has 22 heavy (non-hydrogen) atoms. The third-order valence-electron chi connectivity index (χ3n) is 3.68. The van der Waals surface area contributed by atoms with E-state index >= 15 is 0 Å². The molecule has 1 nitrogen and oxygen atoms in total. The highest BCUT2D eigenvalue weighted by molar-refractivity contribution is 7.91. The van der Waals surface area contributed by atoms with Crippen LogP contribution in [0.3, 0.4) is 0 Å². The zero-order valence-electron chi connectivity index (χ0n) is 12.7. The second kappa shape index (κ2) is 6.87. The topological polar surface area (TPSA) is 9.23 Å². The lowest BCUT2D eigenvalue weighted by Crippen LogP contribution is -2.32. The predicted octanol–water partition coefficient (Wildman–Crippen LogP) is 3.93. The molecule has 0 atom stereocenters. The Morgan fingerprint density at radius 3 is 1.18 bits per heavy atom. The molecule has 3 rings (SSSR count). The van der Waals surface area contributed by atoms with Gasteiger partial charge in [0.05, 0.1) is 7.49 Å². The van der Waals surface area contributed by atoms with Gasteiger partial charge in [-0.3, -0.25) is 0 Å². The van der Waals surface area contributed by atoms with E-state index in [2.05, 4.69) is 97.9 Å². The first-order valence-corrected chi connectivity index (χ1v) is 9.29. The van der Waals surface area contributed by atoms with Crippen molar-refractivity contribution in [1.82, 2.24) is 0 Å². The van der Waals surface area contributed by atoms with Gasteiger partial charge in [0.15, 0.2) is 0 Å². The van der Waals surface area contributed by atoms with Crippen molar-refractivity contribution in [3.05, 3.63) is 91.0 Å². The third kappa shape index (κ3) is 2.70. The van der Waals surface area contributed by atoms with Gasteiger partial charge in [0.2, 0.25) is 0 Å². The highest BCUT2D eigenvalue weighted by atomic mass is 31.2. The van der Waals surface area contributed by atoms with E-state index in [1.54, 1.807) is 0 Å². The van der Waals surface area contributed by atoms with E-state index in [1.807, 2.05) is 0 Å². The first kappa shape index (κ1) is 15.0. The summed E-state index contributed by atoms with van der Waals surface area (Å²) >= 11 is 0. The molecule has 0 unspecified atom stereocenters. The van der Waals surface area contributed by atoms with E-state index < -0.39 is 7.49 Å². The summed E-state index contributed by atoms with van der Waals surface area (Å²) in [6.45, 7) is 2.76. The van der Waals surface area contributed by atoms with Crippen LogP contribution >= 0.6 is 7.49 Å². The number of hydrogen-bond acceptors (Lipinski definition) is 1. The molecule has 0 aliphatic rings. The van der Waals surface area contributed by atoms with Crippen molar-refractivity contribution < 1.29 is 4.52 Å². The minimum absolute atomic E-state index is 0.687. The van der Waals surface area contributed by atoms with Gasteiger partial charge in [-0.25, -0.2) is 0 Å². The molecule has 0 fully saturated rings. The Bertz CT molecular complexity index is 599. The fourth-order valence-electron chi connectivity index (χ4n) is 2.78. The van der Waals surface area contributed by atoms with Crippen LogP contribution in [-0.4, -0.2) is 6.61 Å². The van der Waals surface area contributed by atoms with Crippen LogP contribution in [0.1, 0.15) is 6.92 Å². The molecule has 0 bridgehead atoms. The van der Waals surface area contributed by atoms with Crippen LogP contribution in [0.2, 0.25) is 0 Å². The molecular weight excluding hydrogens is 287 g/mol. The molecule has 0 saturated carbocycles. The van der Waals surface area contributed by atoms with Gasteiger partial charge < -0.3 is 4.52 Å². The zero-order chi connectivity index (χ0) is 15.3. The molecular formula is C20H20OP. The SMILES string of the molecule is CCO[P](c1ccccc1)(c1ccccc1)c1ccccc1. The average molecular weight is 307 g/mol. The maximum Gasteiger partial charge on any atom is 0.0704 e. The fourth-order valence-corrected chi connectivity index (χ4v) is 6.28. The van der Waals surface area contributed by atoms with Crippen molar-refractivity contribution in [2.75, 3.05) is 6.61 Å². The Morgan fingerprint density at radius 1 is 0.591 bits per heavy atom. The minimum atomic E-state index is -2.05. The van der Waals surface area contributed by atoms with Gasteiger partial charge >= 0.3 is 0 Å². The van der Waals surface area contributed by atoms with Crippen LogP contribution < -0.4 is 15.9 Å². The summed E-state index contributed by atoms with van der Waals surface area (Å²) in [7, 11) is -2.05. The lowest BCUT2D eigenvalue weighted by atomic mass is 10.4. The van der Waals surface area contributed by atoms with Crippen LogP contribution in [0.15, 0.2) is 91.0 Å². The summed E-state index contributed by atoms with van der Waals surface area (Å²) in [5.41, 5.74) is 0. The Labute approximate surface area is 133 Å². The van der Waals surface area contributed by atoms with Crippen molar-refractivity contribution in [2.45, 2.75) is 6.92 Å². The van der Waals surface area contributed by atoms with Gasteiger partial charge in [-0.15, -0.1) is 0 Å². The normalized spacial score (nSPS) is 11.3. The molecule has 0 aliphatic carbocycles. The largest absolute Gasteiger partial charge is 0.352 e. The second-order valence-electron chi connectivity index (χ2n) is 5.03. The monoisotopic (exact) mass is 307 g/mol. The smallest absolute Gasteiger partial charge is 0.0704 e. The lowest BCUT2D eigenvalue weighted by molar-refractivity contribution is 0.381. The van der Waals surface area contributed by atoms with Crippen LogP contribution in [0.25, 0.3) is 0 Å². The van der Waals surface area contributed by atoms with Crippen molar-refractivity contribution >= 4 is 23.4 Å². The van der Waals surface area contributed by atoms with E-state index in [1.165, 1.54) is 15.9 Å². The molecule has 111 valence electrons. The van der Waals surface area contributed by atoms with Gasteiger partial charge in [-0.2, -0.15) is 0 Å². The molecule has 0 aliphatic heterocycles. The lowest BCUT2D eigenvalue weighted by Gasteiger charge is -2.37. The van der Waals surface area contributed by atoms with Gasteiger partial charge in [0, 0.05) is 22.5 Å². The summed E-state index contributed by atoms with van der Waals surface area (Å²) in [6, 6.07) is 31.8. The highest BCUT2D eigenvalue weighted by Gasteiger charge is 2.34. The van der Waals surface area contributed by atoms with Crippen molar-refractivity contribution in [3.63, 3.8) is 0 Å². The Balaban J connectivity index is 2.29. The maximum absolute atomic E-state index is 6.50. The molecule has 1 radical (unpaired) electrons. The van der Waals surface area contributed by atoms with E-state index in [9.17, 15) is 0 Å². The summed E-state index contributed by atoms with van der Waals surface area (Å²) in [4.78, 5) is 0. The Hall–Kier alpha value is -1.95. The maximum atomic E-state index is 6.50. The number of rotatable bonds is 5. The van der Waals surface area contributed by atoms with E-state index in [0.29, 0.717) is 6.61 Å². The zero-order valence-corrected chi connectivity index (χ0v) is 13.6. The van der Waals surface area contributed by atoms with Crippen LogP contribution in [0.5, 0.6) is 0 Å². The molecule has 0 amide bonds. The standard InChI is InChI=1S/C20H20OP/c1-2-21-22(18-12-6-3-7-13-18,19-14-8-4-9-15-19)20-16-10-5-11-17-20/h3-17H,2H2,1H3. The van der Waals surface area contributed by atoms with Crippen molar-refractivity contribution in [3.8, 4) is 0 Å². The van der Waals surface area contributed by atoms with Crippen molar-refractivity contribution in [2.24, 2.45) is 0 Å². The minimum Gasteiger partial charge on any atom is -0.352 e. The summed E-state index contributed by atoms with van der Waals surface area (Å²) in [6.07, 6.45) is 0. The first-order chi connectivity index (χ1) is 10.9. The van der Waals surface area contributed by atoms with E-state index in [4.69, 9.17) is 4.52 Å². The second-order valence-corrected chi connectivity index (χ2v) is 8.06. The molecule has 3 aromatic rings. The van der Waals surface area contributed by atoms with Gasteiger partial charge in [0.25, 0.3) is 0 Å². The van der Waals surface area contributed by atoms with Gasteiger partial charge in [0.1, 0.15) is 0 Å². The molecule has 3 aromatic carbocycles. The molecule has 0 spiro atoms. The summed E-state index contributed by atoms with van der Waals surface area (Å²) in [5, 5.41) is 3.78. The van der Waals surface area contributed by atoms with Crippen LogP contribution in [0, 0.1) is 0 Å². The quantitative estimate of drug-likeness (QED) is 0.649. The van der Waals surface area contributed by atoms with Crippen molar-refractivity contribution in [1.29, 1.82) is 0 Å². The third-order valence-corrected chi connectivity index (χ3v) is 7.40. The van der Waals surface area contributed by atoms with Crippen LogP contribution in [0.4, 0.5) is 0 Å².